The van der Waals surface area contributed by atoms with Crippen molar-refractivity contribution in [3.8, 4) is 11.3 Å². The normalized spacial score (nSPS) is 23.4. The smallest absolute Gasteiger partial charge is 0.251 e. The number of pyridine rings is 1. The molecule has 2 aromatic heterocycles. The van der Waals surface area contributed by atoms with Gasteiger partial charge in [0, 0.05) is 74.2 Å². The molecular weight excluding hydrogens is 677 g/mol. The van der Waals surface area contributed by atoms with Crippen LogP contribution >= 0.6 is 0 Å². The van der Waals surface area contributed by atoms with Crippen LogP contribution in [0.4, 0.5) is 17.2 Å². The Hall–Kier alpha value is -4.77. The van der Waals surface area contributed by atoms with Gasteiger partial charge in [0.2, 0.25) is 11.8 Å². The molecule has 2 N–H and O–H groups in total. The molecule has 2 aliphatic carbocycles. The monoisotopic (exact) mass is 728 g/mol. The second-order valence-electron chi connectivity index (χ2n) is 17.4. The molecule has 0 bridgehead atoms. The van der Waals surface area contributed by atoms with Crippen LogP contribution in [-0.4, -0.2) is 87.4 Å². The highest BCUT2D eigenvalue weighted by Gasteiger charge is 2.56. The third-order valence-corrected chi connectivity index (χ3v) is 13.1. The molecule has 0 atom stereocenters. The zero-order valence-corrected chi connectivity index (χ0v) is 32.2. The molecule has 0 unspecified atom stereocenters. The van der Waals surface area contributed by atoms with Crippen molar-refractivity contribution in [1.29, 1.82) is 0 Å². The first-order chi connectivity index (χ1) is 25.9. The summed E-state index contributed by atoms with van der Waals surface area (Å²) in [6, 6.07) is 15.4. The number of amides is 3. The third-order valence-electron chi connectivity index (χ3n) is 13.1. The Kier molecular flexibility index (Phi) is 8.37. The van der Waals surface area contributed by atoms with Crippen molar-refractivity contribution in [3.63, 3.8) is 0 Å². The highest BCUT2D eigenvalue weighted by molar-refractivity contribution is 6.09. The summed E-state index contributed by atoms with van der Waals surface area (Å²) < 4.78 is 2.22. The Morgan fingerprint density at radius 1 is 0.926 bits per heavy atom. The molecular formula is C43H52N8O3. The number of aryl methyl sites for hydroxylation is 1. The number of carbonyl (C=O) groups excluding carboxylic acids is 3. The molecule has 5 aliphatic rings. The quantitative estimate of drug-likeness (QED) is 0.217. The van der Waals surface area contributed by atoms with Gasteiger partial charge < -0.3 is 25.0 Å². The molecule has 282 valence electrons. The average Bonchev–Trinajstić information content (AvgIpc) is 3.85. The lowest BCUT2D eigenvalue weighted by molar-refractivity contribution is -0.134. The topological polar surface area (TPSA) is 116 Å². The summed E-state index contributed by atoms with van der Waals surface area (Å²) in [7, 11) is 1.64. The standard InChI is InChI=1S/C43H52N8O3/c1-26-7-9-29(20-33(26)40(53)44-5)46-39-38-36(45-25-50(38)30-10-11-30)23-35(47-39)28-8-12-34-37(19-28)51(41(54)43(34)14-17-48(18-15-43)27(2)52)32-21-31(22-32)49-16-6-13-42(3,4)24-49/h7-9,12,19-20,23,25,30-32H,6,10-11,13-18,21-22,24H2,1-5H3,(H,44,53)(H,46,47). The minimum Gasteiger partial charge on any atom is -0.355 e. The maximum Gasteiger partial charge on any atom is 0.251 e. The molecule has 2 saturated carbocycles. The summed E-state index contributed by atoms with van der Waals surface area (Å²) in [5.41, 5.74) is 7.55. The van der Waals surface area contributed by atoms with E-state index in [1.165, 1.54) is 12.8 Å². The molecule has 3 amide bonds. The Labute approximate surface area is 317 Å². The number of hydrogen-bond acceptors (Lipinski definition) is 7. The fourth-order valence-corrected chi connectivity index (χ4v) is 9.79. The van der Waals surface area contributed by atoms with E-state index in [1.54, 1.807) is 14.0 Å². The van der Waals surface area contributed by atoms with Crippen molar-refractivity contribution in [2.24, 2.45) is 5.41 Å². The van der Waals surface area contributed by atoms with Crippen LogP contribution in [0.15, 0.2) is 48.8 Å². The Morgan fingerprint density at radius 3 is 2.41 bits per heavy atom. The lowest BCUT2D eigenvalue weighted by Crippen LogP contribution is -2.59. The van der Waals surface area contributed by atoms with Gasteiger partial charge in [0.1, 0.15) is 5.52 Å². The number of hydrogen-bond donors (Lipinski definition) is 2. The van der Waals surface area contributed by atoms with Gasteiger partial charge in [-0.2, -0.15) is 0 Å². The summed E-state index contributed by atoms with van der Waals surface area (Å²) in [4.78, 5) is 56.7. The molecule has 4 fully saturated rings. The van der Waals surface area contributed by atoms with Crippen molar-refractivity contribution in [2.45, 2.75) is 103 Å². The number of rotatable bonds is 7. The van der Waals surface area contributed by atoms with E-state index in [0.717, 1.165) is 83.6 Å². The van der Waals surface area contributed by atoms with Gasteiger partial charge in [-0.3, -0.25) is 19.3 Å². The number of nitrogens with zero attached hydrogens (tertiary/aromatic N) is 6. The summed E-state index contributed by atoms with van der Waals surface area (Å²) in [6.07, 6.45) is 9.85. The van der Waals surface area contributed by atoms with Gasteiger partial charge >= 0.3 is 0 Å². The van der Waals surface area contributed by atoms with E-state index in [-0.39, 0.29) is 23.8 Å². The number of aromatic nitrogens is 3. The van der Waals surface area contributed by atoms with Crippen LogP contribution in [-0.2, 0) is 15.0 Å². The molecule has 2 saturated heterocycles. The average molecular weight is 729 g/mol. The minimum atomic E-state index is -0.626. The largest absolute Gasteiger partial charge is 0.355 e. The number of benzene rings is 2. The number of likely N-dealkylation sites (tertiary alicyclic amines) is 2. The lowest BCUT2D eigenvalue weighted by atomic mass is 9.73. The molecule has 1 spiro atoms. The fraction of sp³-hybridized carbons (Fsp3) is 0.512. The van der Waals surface area contributed by atoms with Gasteiger partial charge in [-0.05, 0) is 106 Å². The van der Waals surface area contributed by atoms with Gasteiger partial charge in [0.05, 0.1) is 23.0 Å². The summed E-state index contributed by atoms with van der Waals surface area (Å²) in [5.74, 6) is 0.817. The Morgan fingerprint density at radius 2 is 1.70 bits per heavy atom. The second-order valence-corrected chi connectivity index (χ2v) is 17.4. The molecule has 5 heterocycles. The SMILES string of the molecule is CNC(=O)c1cc(Nc2nc(-c3ccc4c(c3)N(C3CC(N5CCCC(C)(C)C5)C3)C(=O)C43CCN(C(C)=O)CC3)cc3ncn(C4CC4)c23)ccc1C. The maximum atomic E-state index is 14.9. The highest BCUT2D eigenvalue weighted by atomic mass is 16.2. The van der Waals surface area contributed by atoms with Gasteiger partial charge in [-0.15, -0.1) is 0 Å². The molecule has 2 aromatic carbocycles. The molecule has 0 radical (unpaired) electrons. The molecule has 9 rings (SSSR count). The Balaban J connectivity index is 1.09. The Bertz CT molecular complexity index is 2170. The van der Waals surface area contributed by atoms with Gasteiger partial charge in [0.15, 0.2) is 5.82 Å². The molecule has 4 aromatic rings. The highest BCUT2D eigenvalue weighted by Crippen LogP contribution is 2.52. The van der Waals surface area contributed by atoms with Crippen molar-refractivity contribution in [1.82, 2.24) is 29.7 Å². The van der Waals surface area contributed by atoms with Crippen LogP contribution in [0.2, 0.25) is 0 Å². The summed E-state index contributed by atoms with van der Waals surface area (Å²) in [6.45, 7) is 11.7. The van der Waals surface area contributed by atoms with E-state index in [1.807, 2.05) is 36.4 Å². The first-order valence-electron chi connectivity index (χ1n) is 19.9. The molecule has 11 heteroatoms. The van der Waals surface area contributed by atoms with Gasteiger partial charge in [-0.1, -0.05) is 32.0 Å². The summed E-state index contributed by atoms with van der Waals surface area (Å²) in [5, 5.41) is 6.32. The number of nitrogens with one attached hydrogen (secondary N) is 2. The molecule has 3 aliphatic heterocycles. The maximum absolute atomic E-state index is 14.9. The van der Waals surface area contributed by atoms with E-state index >= 15 is 0 Å². The van der Waals surface area contributed by atoms with Crippen molar-refractivity contribution in [2.75, 3.05) is 43.4 Å². The van der Waals surface area contributed by atoms with Gasteiger partial charge in [-0.25, -0.2) is 9.97 Å². The zero-order valence-electron chi connectivity index (χ0n) is 32.2. The van der Waals surface area contributed by atoms with Crippen LogP contribution in [0.3, 0.4) is 0 Å². The first kappa shape index (κ1) is 35.0. The second kappa shape index (κ2) is 12.9. The first-order valence-corrected chi connectivity index (χ1v) is 19.9. The van der Waals surface area contributed by atoms with Crippen LogP contribution in [0, 0.1) is 12.3 Å². The molecule has 11 nitrogen and oxygen atoms in total. The number of fused-ring (bicyclic) bond motifs is 3. The van der Waals surface area contributed by atoms with Crippen LogP contribution in [0.25, 0.3) is 22.3 Å². The van der Waals surface area contributed by atoms with Crippen molar-refractivity contribution >= 4 is 45.9 Å². The predicted octanol–water partition coefficient (Wildman–Crippen LogP) is 6.72. The number of piperidine rings is 2. The number of carbonyl (C=O) groups is 3. The minimum absolute atomic E-state index is 0.0690. The van der Waals surface area contributed by atoms with Crippen molar-refractivity contribution in [3.05, 3.63) is 65.5 Å². The van der Waals surface area contributed by atoms with Crippen molar-refractivity contribution < 1.29 is 14.4 Å². The summed E-state index contributed by atoms with van der Waals surface area (Å²) >= 11 is 0. The third kappa shape index (κ3) is 5.86. The number of imidazole rings is 1. The van der Waals surface area contributed by atoms with Crippen LogP contribution in [0.5, 0.6) is 0 Å². The lowest BCUT2D eigenvalue weighted by Gasteiger charge is -2.51. The van der Waals surface area contributed by atoms with E-state index in [0.29, 0.717) is 54.8 Å². The van der Waals surface area contributed by atoms with Crippen LogP contribution < -0.4 is 15.5 Å². The van der Waals surface area contributed by atoms with Gasteiger partial charge in [0.25, 0.3) is 5.91 Å². The fourth-order valence-electron chi connectivity index (χ4n) is 9.79. The van der Waals surface area contributed by atoms with Crippen LogP contribution in [0.1, 0.15) is 99.7 Å². The predicted molar refractivity (Wildman–Crippen MR) is 211 cm³/mol. The van der Waals surface area contributed by atoms with E-state index in [4.69, 9.17) is 9.97 Å². The number of anilines is 3. The zero-order chi connectivity index (χ0) is 37.5. The molecule has 54 heavy (non-hydrogen) atoms. The van der Waals surface area contributed by atoms with E-state index < -0.39 is 5.41 Å². The van der Waals surface area contributed by atoms with E-state index in [2.05, 4.69) is 63.1 Å². The van der Waals surface area contributed by atoms with E-state index in [9.17, 15) is 14.4 Å².